The molecule has 5 N–H and O–H groups in total. The quantitative estimate of drug-likeness (QED) is 0.105. The first-order chi connectivity index (χ1) is 23.8. The van der Waals surface area contributed by atoms with Crippen molar-refractivity contribution < 1.29 is 33.7 Å². The van der Waals surface area contributed by atoms with Crippen molar-refractivity contribution in [3.05, 3.63) is 74.8 Å². The Balaban J connectivity index is 1.51. The van der Waals surface area contributed by atoms with Gasteiger partial charge in [0.25, 0.3) is 0 Å². The minimum Gasteiger partial charge on any atom is -0.482 e. The number of amides is 1. The molecule has 12 nitrogen and oxygen atoms in total. The van der Waals surface area contributed by atoms with Crippen LogP contribution >= 0.6 is 0 Å². The highest BCUT2D eigenvalue weighted by Gasteiger charge is 2.54. The number of fused-ring (bicyclic) bond motifs is 2. The zero-order chi connectivity index (χ0) is 36.2. The lowest BCUT2D eigenvalue weighted by Crippen LogP contribution is -2.58. The Morgan fingerprint density at radius 1 is 1.20 bits per heavy atom. The van der Waals surface area contributed by atoms with Crippen molar-refractivity contribution in [3.63, 3.8) is 0 Å². The number of likely N-dealkylation sites (tertiary alicyclic amines) is 1. The molecular formula is C38H50N4O8. The number of nitrogens with two attached hydrogens (primary N) is 1. The Hall–Kier alpha value is -4.26. The lowest BCUT2D eigenvalue weighted by Gasteiger charge is -2.43. The van der Waals surface area contributed by atoms with E-state index in [1.54, 1.807) is 44.3 Å². The summed E-state index contributed by atoms with van der Waals surface area (Å²) in [5.41, 5.74) is 6.91. The number of pyridine rings is 1. The molecule has 1 fully saturated rings. The van der Waals surface area contributed by atoms with Gasteiger partial charge in [-0.3, -0.25) is 4.79 Å². The van der Waals surface area contributed by atoms with Crippen LogP contribution in [0.5, 0.6) is 5.75 Å². The molecular weight excluding hydrogens is 640 g/mol. The number of ether oxygens (including phenoxy) is 2. The standard InChI is InChI=1S/C38H50N4O8/c1-6-23(2)35(46)50-37(3,4)38(16-28-13-33(39)41-19-30(28)14-34(45)42-20-25(21-42)18-40-5)17-29-12-26-11-27(10-24(22-44)8-7-9-43)36(47)48-31(26)15-32(29)49-38/h6,11-13,15,19,24-25,40,43-44H,7-10,14,16-18,20-22H2,1-5H3,(H2,39,41). The van der Waals surface area contributed by atoms with Crippen molar-refractivity contribution in [2.45, 2.75) is 77.4 Å². The van der Waals surface area contributed by atoms with E-state index >= 15 is 0 Å². The molecule has 50 heavy (non-hydrogen) atoms. The molecule has 1 aromatic carbocycles. The highest BCUT2D eigenvalue weighted by atomic mass is 16.6. The van der Waals surface area contributed by atoms with Crippen molar-refractivity contribution in [3.8, 4) is 5.75 Å². The van der Waals surface area contributed by atoms with Gasteiger partial charge in [0.1, 0.15) is 22.8 Å². The average Bonchev–Trinajstić information content (AvgIpc) is 3.42. The number of carbonyl (C=O) groups excluding carboxylic acids is 2. The third kappa shape index (κ3) is 7.87. The largest absolute Gasteiger partial charge is 0.482 e. The number of rotatable bonds is 15. The van der Waals surface area contributed by atoms with E-state index in [0.29, 0.717) is 83.9 Å². The third-order valence-corrected chi connectivity index (χ3v) is 10.2. The number of hydrogen-bond acceptors (Lipinski definition) is 11. The fourth-order valence-electron chi connectivity index (χ4n) is 6.93. The minimum absolute atomic E-state index is 0.00104. The van der Waals surface area contributed by atoms with Crippen LogP contribution in [0.4, 0.5) is 5.82 Å². The molecule has 2 unspecified atom stereocenters. The molecule has 0 aliphatic carbocycles. The van der Waals surface area contributed by atoms with E-state index in [0.717, 1.165) is 17.7 Å². The number of allylic oxidation sites excluding steroid dienone is 1. The number of anilines is 1. The van der Waals surface area contributed by atoms with Crippen LogP contribution in [0.15, 0.2) is 51.3 Å². The average molecular weight is 691 g/mol. The van der Waals surface area contributed by atoms with Gasteiger partial charge in [-0.1, -0.05) is 6.08 Å². The van der Waals surface area contributed by atoms with Crippen LogP contribution < -0.4 is 21.4 Å². The molecule has 270 valence electrons. The second kappa shape index (κ2) is 15.3. The number of aliphatic hydroxyl groups excluding tert-OH is 2. The van der Waals surface area contributed by atoms with E-state index < -0.39 is 22.8 Å². The molecule has 3 aromatic rings. The van der Waals surface area contributed by atoms with Gasteiger partial charge in [0.05, 0.1) is 6.42 Å². The number of nitrogens with one attached hydrogen (secondary N) is 1. The fraction of sp³-hybridized carbons (Fsp3) is 0.526. The van der Waals surface area contributed by atoms with Gasteiger partial charge in [-0.25, -0.2) is 14.6 Å². The molecule has 0 bridgehead atoms. The van der Waals surface area contributed by atoms with E-state index in [9.17, 15) is 24.6 Å². The molecule has 0 radical (unpaired) electrons. The van der Waals surface area contributed by atoms with E-state index in [1.165, 1.54) is 0 Å². The lowest BCUT2D eigenvalue weighted by atomic mass is 9.76. The third-order valence-electron chi connectivity index (χ3n) is 10.2. The van der Waals surface area contributed by atoms with Crippen LogP contribution in [0.2, 0.25) is 0 Å². The maximum absolute atomic E-state index is 13.3. The number of hydrogen-bond donors (Lipinski definition) is 4. The summed E-state index contributed by atoms with van der Waals surface area (Å²) in [5.74, 6) is 0.549. The number of benzene rings is 1. The van der Waals surface area contributed by atoms with Crippen LogP contribution in [-0.4, -0.2) is 83.1 Å². The van der Waals surface area contributed by atoms with Crippen molar-refractivity contribution >= 4 is 28.7 Å². The second-order valence-electron chi connectivity index (χ2n) is 14.3. The number of nitrogens with zero attached hydrogens (tertiary/aromatic N) is 2. The van der Waals surface area contributed by atoms with Crippen molar-refractivity contribution in [2.24, 2.45) is 11.8 Å². The Labute approximate surface area is 292 Å². The zero-order valence-corrected chi connectivity index (χ0v) is 29.7. The van der Waals surface area contributed by atoms with Crippen molar-refractivity contribution in [2.75, 3.05) is 45.6 Å². The highest BCUT2D eigenvalue weighted by Crippen LogP contribution is 2.46. The zero-order valence-electron chi connectivity index (χ0n) is 29.7. The normalized spacial score (nSPS) is 18.5. The molecule has 0 saturated carbocycles. The number of nitrogen functional groups attached to an aromatic ring is 1. The summed E-state index contributed by atoms with van der Waals surface area (Å²) >= 11 is 0. The molecule has 4 heterocycles. The van der Waals surface area contributed by atoms with Gasteiger partial charge in [-0.15, -0.1) is 0 Å². The SMILES string of the molecule is CC=C(C)C(=O)OC(C)(C)C1(Cc2cc(N)ncc2CC(=O)N2CC(CNC)C2)Cc2cc3cc(CC(CO)CCCO)c(=O)oc3cc2O1. The summed E-state index contributed by atoms with van der Waals surface area (Å²) in [4.78, 5) is 45.7. The number of esters is 1. The van der Waals surface area contributed by atoms with E-state index in [1.807, 2.05) is 31.9 Å². The summed E-state index contributed by atoms with van der Waals surface area (Å²) in [7, 11) is 1.90. The van der Waals surface area contributed by atoms with Crippen LogP contribution in [-0.2, 0) is 40.0 Å². The highest BCUT2D eigenvalue weighted by molar-refractivity contribution is 5.88. The van der Waals surface area contributed by atoms with Crippen LogP contribution in [0, 0.1) is 11.8 Å². The van der Waals surface area contributed by atoms with Crippen LogP contribution in [0.25, 0.3) is 11.0 Å². The van der Waals surface area contributed by atoms with Crippen LogP contribution in [0.3, 0.4) is 0 Å². The predicted octanol–water partition coefficient (Wildman–Crippen LogP) is 3.12. The summed E-state index contributed by atoms with van der Waals surface area (Å²) in [6.45, 7) is 9.24. The molecule has 1 saturated heterocycles. The number of carbonyl (C=O) groups is 2. The summed E-state index contributed by atoms with van der Waals surface area (Å²) in [6, 6.07) is 7.15. The van der Waals surface area contributed by atoms with Gasteiger partial charge in [-0.05, 0) is 94.8 Å². The lowest BCUT2D eigenvalue weighted by molar-refractivity contribution is -0.174. The topological polar surface area (TPSA) is 177 Å². The minimum atomic E-state index is -1.19. The predicted molar refractivity (Wildman–Crippen MR) is 190 cm³/mol. The number of aliphatic hydroxyl groups is 2. The van der Waals surface area contributed by atoms with Crippen LogP contribution in [0.1, 0.15) is 62.8 Å². The Bertz CT molecular complexity index is 1810. The Kier molecular flexibility index (Phi) is 11.3. The molecule has 0 spiro atoms. The molecule has 2 aliphatic rings. The van der Waals surface area contributed by atoms with Gasteiger partial charge in [0.2, 0.25) is 5.91 Å². The molecule has 2 atom stereocenters. The Morgan fingerprint density at radius 2 is 1.96 bits per heavy atom. The van der Waals surface area contributed by atoms with E-state index in [-0.39, 0.29) is 37.9 Å². The second-order valence-corrected chi connectivity index (χ2v) is 14.3. The van der Waals surface area contributed by atoms with Crippen molar-refractivity contribution in [1.82, 2.24) is 15.2 Å². The molecule has 1 amide bonds. The molecule has 5 rings (SSSR count). The smallest absolute Gasteiger partial charge is 0.339 e. The summed E-state index contributed by atoms with van der Waals surface area (Å²) in [5, 5.41) is 23.0. The first-order valence-electron chi connectivity index (χ1n) is 17.3. The van der Waals surface area contributed by atoms with Gasteiger partial charge >= 0.3 is 11.6 Å². The summed E-state index contributed by atoms with van der Waals surface area (Å²) < 4.78 is 18.8. The van der Waals surface area contributed by atoms with Gasteiger partial charge in [0.15, 0.2) is 5.60 Å². The summed E-state index contributed by atoms with van der Waals surface area (Å²) in [6.07, 6.45) is 5.47. The van der Waals surface area contributed by atoms with Gasteiger partial charge < -0.3 is 40.1 Å². The fourth-order valence-corrected chi connectivity index (χ4v) is 6.93. The van der Waals surface area contributed by atoms with Crippen molar-refractivity contribution in [1.29, 1.82) is 0 Å². The van der Waals surface area contributed by atoms with E-state index in [4.69, 9.17) is 19.6 Å². The number of aromatic nitrogens is 1. The molecule has 2 aromatic heterocycles. The molecule has 2 aliphatic heterocycles. The first kappa shape index (κ1) is 37.0. The molecule has 12 heteroatoms. The maximum atomic E-state index is 13.3. The monoisotopic (exact) mass is 690 g/mol. The maximum Gasteiger partial charge on any atom is 0.339 e. The van der Waals surface area contributed by atoms with E-state index in [2.05, 4.69) is 10.3 Å². The first-order valence-corrected chi connectivity index (χ1v) is 17.3. The Morgan fingerprint density at radius 3 is 2.64 bits per heavy atom. The van der Waals surface area contributed by atoms with Gasteiger partial charge in [0, 0.05) is 80.4 Å². The van der Waals surface area contributed by atoms with Gasteiger partial charge in [-0.2, -0.15) is 0 Å².